The number of hydrogen-bond acceptors (Lipinski definition) is 2. The smallest absolute Gasteiger partial charge is 0.0802 e. The number of rotatable bonds is 4. The molecule has 4 heteroatoms. The SMILES string of the molecule is C1=CCc2c3c(n(-c4cc(-c5ccc(-c6nc7ccccc7c7sc8ccccc8c67)cc5)cc(-n5c6c(c7ccccc75)C=CC=CC6)c4)c2C=C1)CC=CC=C3. The number of aromatic nitrogens is 3. The lowest BCUT2D eigenvalue weighted by Gasteiger charge is -2.18. The zero-order valence-corrected chi connectivity index (χ0v) is 32.6. The Morgan fingerprint density at radius 2 is 1.14 bits per heavy atom. The van der Waals surface area contributed by atoms with Gasteiger partial charge in [0.05, 0.1) is 22.4 Å². The Kier molecular flexibility index (Phi) is 7.60. The van der Waals surface area contributed by atoms with Crippen molar-refractivity contribution in [2.75, 3.05) is 0 Å². The second-order valence-electron chi connectivity index (χ2n) is 15.3. The van der Waals surface area contributed by atoms with Gasteiger partial charge in [-0.05, 0) is 65.6 Å². The van der Waals surface area contributed by atoms with E-state index in [0.29, 0.717) is 0 Å². The molecule has 3 aliphatic rings. The van der Waals surface area contributed by atoms with Crippen LogP contribution in [0.15, 0.2) is 170 Å². The average molecular weight is 760 g/mol. The lowest BCUT2D eigenvalue weighted by Crippen LogP contribution is -2.06. The molecule has 0 bridgehead atoms. The molecule has 0 unspecified atom stereocenters. The fourth-order valence-electron chi connectivity index (χ4n) is 9.49. The third-order valence-corrected chi connectivity index (χ3v) is 13.3. The van der Waals surface area contributed by atoms with Crippen LogP contribution >= 0.6 is 11.3 Å². The second kappa shape index (κ2) is 13.3. The summed E-state index contributed by atoms with van der Waals surface area (Å²) in [7, 11) is 0. The zero-order valence-electron chi connectivity index (χ0n) is 31.8. The van der Waals surface area contributed by atoms with E-state index >= 15 is 0 Å². The molecule has 12 rings (SSSR count). The number of para-hydroxylation sites is 2. The summed E-state index contributed by atoms with van der Waals surface area (Å²) in [5.74, 6) is 0. The molecule has 0 radical (unpaired) electrons. The predicted octanol–water partition coefficient (Wildman–Crippen LogP) is 14.0. The molecule has 3 aliphatic carbocycles. The van der Waals surface area contributed by atoms with Gasteiger partial charge in [-0.3, -0.25) is 0 Å². The van der Waals surface area contributed by atoms with Crippen LogP contribution in [0.4, 0.5) is 0 Å². The van der Waals surface area contributed by atoms with Gasteiger partial charge in [-0.25, -0.2) is 4.98 Å². The third-order valence-electron chi connectivity index (χ3n) is 12.1. The number of benzene rings is 5. The minimum Gasteiger partial charge on any atom is -0.313 e. The highest BCUT2D eigenvalue weighted by Crippen LogP contribution is 2.44. The molecule has 274 valence electrons. The summed E-state index contributed by atoms with van der Waals surface area (Å²) >= 11 is 1.86. The molecule has 4 aromatic heterocycles. The van der Waals surface area contributed by atoms with Crippen LogP contribution in [0, 0.1) is 0 Å². The predicted molar refractivity (Wildman–Crippen MR) is 247 cm³/mol. The van der Waals surface area contributed by atoms with Crippen LogP contribution < -0.4 is 0 Å². The second-order valence-corrected chi connectivity index (χ2v) is 16.4. The van der Waals surface area contributed by atoms with Crippen LogP contribution in [0.25, 0.3) is 94.0 Å². The van der Waals surface area contributed by atoms with Crippen LogP contribution in [-0.2, 0) is 19.3 Å². The van der Waals surface area contributed by atoms with Crippen molar-refractivity contribution in [3.8, 4) is 33.8 Å². The minimum atomic E-state index is 0.855. The highest BCUT2D eigenvalue weighted by atomic mass is 32.1. The topological polar surface area (TPSA) is 22.8 Å². The zero-order chi connectivity index (χ0) is 38.2. The lowest BCUT2D eigenvalue weighted by molar-refractivity contribution is 0.948. The Morgan fingerprint density at radius 3 is 1.97 bits per heavy atom. The quantitative estimate of drug-likeness (QED) is 0.175. The molecule has 0 fully saturated rings. The van der Waals surface area contributed by atoms with E-state index in [1.807, 2.05) is 11.3 Å². The van der Waals surface area contributed by atoms with Gasteiger partial charge in [0.2, 0.25) is 0 Å². The molecule has 3 nitrogen and oxygen atoms in total. The van der Waals surface area contributed by atoms with Crippen LogP contribution in [0.1, 0.15) is 33.8 Å². The maximum absolute atomic E-state index is 5.34. The maximum atomic E-state index is 5.34. The number of nitrogens with zero attached hydrogens (tertiary/aromatic N) is 3. The van der Waals surface area contributed by atoms with E-state index in [2.05, 4.69) is 197 Å². The third kappa shape index (κ3) is 5.15. The molecular weight excluding hydrogens is 723 g/mol. The van der Waals surface area contributed by atoms with E-state index in [1.54, 1.807) is 0 Å². The molecule has 0 atom stereocenters. The van der Waals surface area contributed by atoms with Gasteiger partial charge in [0.15, 0.2) is 0 Å². The summed E-state index contributed by atoms with van der Waals surface area (Å²) in [5, 5.41) is 4.98. The minimum absolute atomic E-state index is 0.855. The molecule has 5 aromatic carbocycles. The van der Waals surface area contributed by atoms with Crippen LogP contribution in [0.2, 0.25) is 0 Å². The monoisotopic (exact) mass is 759 g/mol. The summed E-state index contributed by atoms with van der Waals surface area (Å²) in [5.41, 5.74) is 17.0. The van der Waals surface area contributed by atoms with E-state index in [4.69, 9.17) is 4.98 Å². The number of fused-ring (bicyclic) bond motifs is 11. The number of allylic oxidation sites excluding steroid dienone is 9. The van der Waals surface area contributed by atoms with Gasteiger partial charge < -0.3 is 9.13 Å². The molecule has 0 spiro atoms. The van der Waals surface area contributed by atoms with Gasteiger partial charge in [0.1, 0.15) is 0 Å². The van der Waals surface area contributed by atoms with Gasteiger partial charge >= 0.3 is 0 Å². The van der Waals surface area contributed by atoms with Gasteiger partial charge in [0, 0.05) is 83.2 Å². The Bertz CT molecular complexity index is 3350. The van der Waals surface area contributed by atoms with Crippen molar-refractivity contribution in [2.45, 2.75) is 19.3 Å². The summed E-state index contributed by atoms with van der Waals surface area (Å²) in [4.78, 5) is 5.34. The van der Waals surface area contributed by atoms with E-state index in [1.165, 1.54) is 87.0 Å². The Morgan fingerprint density at radius 1 is 0.500 bits per heavy atom. The molecule has 0 aliphatic heterocycles. The molecule has 0 N–H and O–H groups in total. The van der Waals surface area contributed by atoms with Gasteiger partial charge in [0.25, 0.3) is 0 Å². The van der Waals surface area contributed by atoms with Gasteiger partial charge in [-0.2, -0.15) is 0 Å². The highest BCUT2D eigenvalue weighted by Gasteiger charge is 2.24. The van der Waals surface area contributed by atoms with E-state index < -0.39 is 0 Å². The van der Waals surface area contributed by atoms with E-state index in [9.17, 15) is 0 Å². The molecular formula is C54H37N3S. The largest absolute Gasteiger partial charge is 0.313 e. The average Bonchev–Trinajstić information content (AvgIpc) is 3.59. The van der Waals surface area contributed by atoms with Crippen molar-refractivity contribution < 1.29 is 0 Å². The van der Waals surface area contributed by atoms with Crippen molar-refractivity contribution in [1.82, 2.24) is 14.1 Å². The van der Waals surface area contributed by atoms with Crippen molar-refractivity contribution in [3.63, 3.8) is 0 Å². The number of hydrogen-bond donors (Lipinski definition) is 0. The molecule has 0 amide bonds. The fraction of sp³-hybridized carbons (Fsp3) is 0.0556. The number of pyridine rings is 1. The fourth-order valence-corrected chi connectivity index (χ4v) is 10.7. The van der Waals surface area contributed by atoms with Gasteiger partial charge in [-0.15, -0.1) is 11.3 Å². The van der Waals surface area contributed by atoms with E-state index in [-0.39, 0.29) is 0 Å². The first kappa shape index (κ1) is 33.2. The lowest BCUT2D eigenvalue weighted by atomic mass is 9.98. The van der Waals surface area contributed by atoms with Crippen molar-refractivity contribution >= 4 is 71.5 Å². The maximum Gasteiger partial charge on any atom is 0.0802 e. The summed E-state index contributed by atoms with van der Waals surface area (Å²) in [6, 6.07) is 42.5. The summed E-state index contributed by atoms with van der Waals surface area (Å²) in [6.07, 6.45) is 29.4. The Balaban J connectivity index is 1.09. The number of thiophene rings is 1. The van der Waals surface area contributed by atoms with Crippen molar-refractivity contribution in [3.05, 3.63) is 204 Å². The molecule has 9 aromatic rings. The molecule has 0 saturated carbocycles. The summed E-state index contributed by atoms with van der Waals surface area (Å²) < 4.78 is 7.61. The normalized spacial score (nSPS) is 14.3. The molecule has 58 heavy (non-hydrogen) atoms. The van der Waals surface area contributed by atoms with Crippen LogP contribution in [0.3, 0.4) is 0 Å². The highest BCUT2D eigenvalue weighted by molar-refractivity contribution is 7.26. The van der Waals surface area contributed by atoms with E-state index in [0.717, 1.165) is 41.7 Å². The first-order chi connectivity index (χ1) is 28.8. The first-order valence-corrected chi connectivity index (χ1v) is 21.0. The van der Waals surface area contributed by atoms with Crippen LogP contribution in [0.5, 0.6) is 0 Å². The Hall–Kier alpha value is -7.01. The first-order valence-electron chi connectivity index (χ1n) is 20.1. The van der Waals surface area contributed by atoms with Gasteiger partial charge in [-0.1, -0.05) is 146 Å². The van der Waals surface area contributed by atoms with Crippen LogP contribution in [-0.4, -0.2) is 14.1 Å². The summed E-state index contributed by atoms with van der Waals surface area (Å²) in [6.45, 7) is 0. The Labute approximate surface area is 340 Å². The van der Waals surface area contributed by atoms with Crippen molar-refractivity contribution in [1.29, 1.82) is 0 Å². The standard InChI is InChI=1S/C54H37N3S/c1-4-16-40-41-17-5-2-8-24-48(41)56(47(40)23-7-1)38-32-37(33-39(34-38)57-49-25-9-3-6-18-42(49)43-19-11-14-26-50(43)57)35-28-30-36(31-29-35)53-52-45-21-12-15-27-51(45)58-54(52)44-20-10-13-22-46(44)55-53/h1-16,18-22,24,26-34H,17,23,25H2. The molecule has 0 saturated heterocycles. The van der Waals surface area contributed by atoms with Crippen molar-refractivity contribution in [2.24, 2.45) is 0 Å². The molecule has 4 heterocycles.